The molecule has 1 aromatic carbocycles. The number of rotatable bonds is 16. The molecule has 4 heteroatoms. The van der Waals surface area contributed by atoms with Crippen LogP contribution in [0, 0.1) is 23.7 Å². The molecule has 1 aromatic rings. The van der Waals surface area contributed by atoms with Gasteiger partial charge in [-0.05, 0) is 86.8 Å². The summed E-state index contributed by atoms with van der Waals surface area (Å²) in [6.45, 7) is 7.26. The quantitative estimate of drug-likeness (QED) is 0.133. The van der Waals surface area contributed by atoms with Crippen LogP contribution in [0.1, 0.15) is 116 Å². The van der Waals surface area contributed by atoms with Gasteiger partial charge < -0.3 is 14.6 Å². The highest BCUT2D eigenvalue weighted by Crippen LogP contribution is 2.43. The Balaban J connectivity index is 1.29. The SMILES string of the molecule is C=C(C)C(=O)OCC(CO)Oc1ccc(CCC2CCC(C3CCC(CCCCCCC)CC3)CC2)cc1. The van der Waals surface area contributed by atoms with Gasteiger partial charge in [0.15, 0.2) is 6.10 Å². The molecule has 1 atom stereocenters. The van der Waals surface area contributed by atoms with Crippen LogP contribution in [0.3, 0.4) is 0 Å². The van der Waals surface area contributed by atoms with Crippen LogP contribution in [0.4, 0.5) is 0 Å². The van der Waals surface area contributed by atoms with Crippen molar-refractivity contribution in [2.45, 2.75) is 123 Å². The van der Waals surface area contributed by atoms with Crippen molar-refractivity contribution in [2.24, 2.45) is 23.7 Å². The Bertz CT molecular complexity index is 800. The van der Waals surface area contributed by atoms with Gasteiger partial charge >= 0.3 is 5.97 Å². The second-order valence-electron chi connectivity index (χ2n) is 12.2. The van der Waals surface area contributed by atoms with Crippen molar-refractivity contribution in [1.82, 2.24) is 0 Å². The van der Waals surface area contributed by atoms with Gasteiger partial charge in [-0.25, -0.2) is 4.79 Å². The Labute approximate surface area is 232 Å². The minimum absolute atomic E-state index is 0.00713. The molecular weight excluding hydrogens is 472 g/mol. The first-order valence-electron chi connectivity index (χ1n) is 15.7. The summed E-state index contributed by atoms with van der Waals surface area (Å²) in [4.78, 5) is 11.6. The van der Waals surface area contributed by atoms with Crippen LogP contribution in [-0.4, -0.2) is 30.4 Å². The average molecular weight is 527 g/mol. The molecule has 0 saturated heterocycles. The molecule has 0 heterocycles. The average Bonchev–Trinajstić information content (AvgIpc) is 2.95. The molecule has 4 nitrogen and oxygen atoms in total. The van der Waals surface area contributed by atoms with E-state index in [0.29, 0.717) is 11.3 Å². The summed E-state index contributed by atoms with van der Waals surface area (Å²) in [5.74, 6) is 4.10. The number of hydrogen-bond acceptors (Lipinski definition) is 4. The van der Waals surface area contributed by atoms with E-state index in [4.69, 9.17) is 9.47 Å². The summed E-state index contributed by atoms with van der Waals surface area (Å²) in [6, 6.07) is 8.16. The lowest BCUT2D eigenvalue weighted by molar-refractivity contribution is -0.141. The largest absolute Gasteiger partial charge is 0.484 e. The molecule has 0 radical (unpaired) electrons. The maximum atomic E-state index is 11.6. The molecule has 0 aliphatic heterocycles. The molecule has 1 N–H and O–H groups in total. The van der Waals surface area contributed by atoms with Crippen LogP contribution < -0.4 is 4.74 Å². The lowest BCUT2D eigenvalue weighted by Crippen LogP contribution is -2.28. The highest BCUT2D eigenvalue weighted by Gasteiger charge is 2.30. The molecule has 214 valence electrons. The highest BCUT2D eigenvalue weighted by molar-refractivity contribution is 5.86. The monoisotopic (exact) mass is 526 g/mol. The molecule has 2 saturated carbocycles. The van der Waals surface area contributed by atoms with E-state index in [1.54, 1.807) is 6.92 Å². The fraction of sp³-hybridized carbons (Fsp3) is 0.735. The predicted octanol–water partition coefficient (Wildman–Crippen LogP) is 8.45. The maximum absolute atomic E-state index is 11.6. The van der Waals surface area contributed by atoms with Crippen LogP contribution in [0.25, 0.3) is 0 Å². The summed E-state index contributed by atoms with van der Waals surface area (Å²) in [7, 11) is 0. The second-order valence-corrected chi connectivity index (χ2v) is 12.2. The van der Waals surface area contributed by atoms with Crippen molar-refractivity contribution in [3.8, 4) is 5.75 Å². The number of aliphatic hydroxyl groups is 1. The van der Waals surface area contributed by atoms with Crippen molar-refractivity contribution in [2.75, 3.05) is 13.2 Å². The summed E-state index contributed by atoms with van der Waals surface area (Å²) < 4.78 is 10.9. The normalized spacial score (nSPS) is 24.5. The predicted molar refractivity (Wildman–Crippen MR) is 156 cm³/mol. The Morgan fingerprint density at radius 1 is 0.895 bits per heavy atom. The topological polar surface area (TPSA) is 55.8 Å². The third-order valence-corrected chi connectivity index (χ3v) is 9.19. The number of carbonyl (C=O) groups excluding carboxylic acids is 1. The number of aliphatic hydroxyl groups excluding tert-OH is 1. The Morgan fingerprint density at radius 3 is 2.03 bits per heavy atom. The van der Waals surface area contributed by atoms with Gasteiger partial charge in [-0.3, -0.25) is 0 Å². The van der Waals surface area contributed by atoms with Gasteiger partial charge in [0.2, 0.25) is 0 Å². The fourth-order valence-electron chi connectivity index (χ4n) is 6.65. The maximum Gasteiger partial charge on any atom is 0.333 e. The molecule has 1 unspecified atom stereocenters. The van der Waals surface area contributed by atoms with Gasteiger partial charge in [-0.1, -0.05) is 89.8 Å². The third kappa shape index (κ3) is 10.8. The van der Waals surface area contributed by atoms with Gasteiger partial charge in [0.1, 0.15) is 12.4 Å². The van der Waals surface area contributed by atoms with E-state index in [1.165, 1.54) is 102 Å². The smallest absolute Gasteiger partial charge is 0.333 e. The van der Waals surface area contributed by atoms with E-state index in [0.717, 1.165) is 30.1 Å². The molecule has 0 aromatic heterocycles. The molecule has 0 amide bonds. The highest BCUT2D eigenvalue weighted by atomic mass is 16.6. The van der Waals surface area contributed by atoms with Gasteiger partial charge in [-0.15, -0.1) is 0 Å². The minimum Gasteiger partial charge on any atom is -0.484 e. The zero-order chi connectivity index (χ0) is 27.2. The first kappa shape index (κ1) is 30.7. The minimum atomic E-state index is -0.579. The third-order valence-electron chi connectivity index (χ3n) is 9.19. The first-order chi connectivity index (χ1) is 18.5. The van der Waals surface area contributed by atoms with Crippen LogP contribution in [-0.2, 0) is 16.0 Å². The van der Waals surface area contributed by atoms with Gasteiger partial charge in [-0.2, -0.15) is 0 Å². The van der Waals surface area contributed by atoms with E-state index < -0.39 is 12.1 Å². The van der Waals surface area contributed by atoms with Crippen molar-refractivity contribution in [1.29, 1.82) is 0 Å². The van der Waals surface area contributed by atoms with Crippen LogP contribution in [0.2, 0.25) is 0 Å². The van der Waals surface area contributed by atoms with Crippen molar-refractivity contribution in [3.63, 3.8) is 0 Å². The number of ether oxygens (including phenoxy) is 2. The summed E-state index contributed by atoms with van der Waals surface area (Å²) in [5, 5.41) is 9.55. The number of aryl methyl sites for hydroxylation is 1. The van der Waals surface area contributed by atoms with Crippen LogP contribution >= 0.6 is 0 Å². The fourth-order valence-corrected chi connectivity index (χ4v) is 6.65. The van der Waals surface area contributed by atoms with E-state index in [-0.39, 0.29) is 13.2 Å². The van der Waals surface area contributed by atoms with Crippen LogP contribution in [0.15, 0.2) is 36.4 Å². The Morgan fingerprint density at radius 2 is 1.47 bits per heavy atom. The lowest BCUT2D eigenvalue weighted by atomic mass is 9.68. The standard InChI is InChI=1S/C34H54O4/c1-4-5-6-7-8-9-27-12-18-30(19-13-27)31-20-14-28(15-21-31)10-11-29-16-22-32(23-17-29)38-33(24-35)25-37-34(36)26(2)3/h16-17,22-23,27-28,30-31,33,35H,2,4-15,18-21,24-25H2,1,3H3. The molecule has 3 rings (SSSR count). The molecule has 2 aliphatic rings. The Hall–Kier alpha value is -1.81. The number of carbonyl (C=O) groups is 1. The Kier molecular flexibility index (Phi) is 13.7. The lowest BCUT2D eigenvalue weighted by Gasteiger charge is -2.38. The molecule has 0 spiro atoms. The van der Waals surface area contributed by atoms with E-state index >= 15 is 0 Å². The zero-order valence-corrected chi connectivity index (χ0v) is 24.3. The number of benzene rings is 1. The second kappa shape index (κ2) is 17.0. The summed E-state index contributed by atoms with van der Waals surface area (Å²) in [5.41, 5.74) is 1.67. The number of hydrogen-bond donors (Lipinski definition) is 1. The number of unbranched alkanes of at least 4 members (excludes halogenated alkanes) is 4. The van der Waals surface area contributed by atoms with Crippen molar-refractivity contribution >= 4 is 5.97 Å². The molecule has 2 aliphatic carbocycles. The molecular formula is C34H54O4. The van der Waals surface area contributed by atoms with E-state index in [9.17, 15) is 9.90 Å². The first-order valence-corrected chi connectivity index (χ1v) is 15.7. The number of esters is 1. The summed E-state index contributed by atoms with van der Waals surface area (Å²) >= 11 is 0. The van der Waals surface area contributed by atoms with Crippen molar-refractivity contribution < 1.29 is 19.4 Å². The van der Waals surface area contributed by atoms with Gasteiger partial charge in [0, 0.05) is 5.57 Å². The van der Waals surface area contributed by atoms with Gasteiger partial charge in [0.25, 0.3) is 0 Å². The van der Waals surface area contributed by atoms with E-state index in [2.05, 4.69) is 25.6 Å². The zero-order valence-electron chi connectivity index (χ0n) is 24.3. The van der Waals surface area contributed by atoms with Crippen LogP contribution in [0.5, 0.6) is 5.75 Å². The van der Waals surface area contributed by atoms with Crippen molar-refractivity contribution in [3.05, 3.63) is 42.0 Å². The molecule has 0 bridgehead atoms. The summed E-state index contributed by atoms with van der Waals surface area (Å²) in [6.07, 6.45) is 22.1. The van der Waals surface area contributed by atoms with E-state index in [1.807, 2.05) is 12.1 Å². The molecule has 2 fully saturated rings. The molecule has 38 heavy (non-hydrogen) atoms. The van der Waals surface area contributed by atoms with Gasteiger partial charge in [0.05, 0.1) is 6.61 Å².